The normalized spacial score (nSPS) is 9.21. The smallest absolute Gasteiger partial charge is 0.160 e. The lowest BCUT2D eigenvalue weighted by atomic mass is 10.1. The molecule has 0 heterocycles. The molecule has 14 heavy (non-hydrogen) atoms. The quantitative estimate of drug-likeness (QED) is 0.718. The van der Waals surface area contributed by atoms with Crippen molar-refractivity contribution < 1.29 is 14.6 Å². The molecule has 1 aromatic carbocycles. The lowest BCUT2D eigenvalue weighted by Gasteiger charge is -2.06. The van der Waals surface area contributed by atoms with Gasteiger partial charge in [-0.25, -0.2) is 0 Å². The number of benzene rings is 1. The fourth-order valence-corrected chi connectivity index (χ4v) is 1.08. The van der Waals surface area contributed by atoms with Crippen LogP contribution in [0, 0.1) is 11.3 Å². The molecule has 1 aromatic rings. The van der Waals surface area contributed by atoms with Crippen molar-refractivity contribution in [3.63, 3.8) is 0 Å². The molecule has 0 aliphatic heterocycles. The van der Waals surface area contributed by atoms with E-state index >= 15 is 0 Å². The summed E-state index contributed by atoms with van der Waals surface area (Å²) in [5, 5.41) is 18.1. The summed E-state index contributed by atoms with van der Waals surface area (Å²) in [6, 6.07) is 4.48. The highest BCUT2D eigenvalue weighted by atomic mass is 16.5. The summed E-state index contributed by atoms with van der Waals surface area (Å²) < 4.78 is 4.87. The molecule has 0 aliphatic rings. The van der Waals surface area contributed by atoms with Gasteiger partial charge in [0.2, 0.25) is 0 Å². The van der Waals surface area contributed by atoms with Crippen molar-refractivity contribution >= 4 is 5.78 Å². The van der Waals surface area contributed by atoms with Gasteiger partial charge in [0.15, 0.2) is 5.78 Å². The van der Waals surface area contributed by atoms with Crippen LogP contribution in [0.3, 0.4) is 0 Å². The number of ketones is 1. The van der Waals surface area contributed by atoms with E-state index < -0.39 is 0 Å². The summed E-state index contributed by atoms with van der Waals surface area (Å²) in [4.78, 5) is 11.0. The highest BCUT2D eigenvalue weighted by Gasteiger charge is 2.12. The van der Waals surface area contributed by atoms with Crippen molar-refractivity contribution in [1.29, 1.82) is 5.26 Å². The SMILES string of the molecule is COc1cc(C(C)=O)cc(O)c1C#N. The number of carbonyl (C=O) groups is 1. The van der Waals surface area contributed by atoms with Gasteiger partial charge < -0.3 is 9.84 Å². The number of Topliss-reactive ketones (excluding diaryl/α,β-unsaturated/α-hetero) is 1. The molecule has 4 nitrogen and oxygen atoms in total. The zero-order chi connectivity index (χ0) is 10.7. The van der Waals surface area contributed by atoms with E-state index in [0.717, 1.165) is 0 Å². The van der Waals surface area contributed by atoms with Crippen molar-refractivity contribution in [3.8, 4) is 17.6 Å². The minimum atomic E-state index is -0.239. The van der Waals surface area contributed by atoms with E-state index in [2.05, 4.69) is 0 Å². The van der Waals surface area contributed by atoms with Gasteiger partial charge in [-0.3, -0.25) is 4.79 Å². The molecule has 0 amide bonds. The van der Waals surface area contributed by atoms with Gasteiger partial charge in [0, 0.05) is 5.56 Å². The minimum Gasteiger partial charge on any atom is -0.506 e. The average molecular weight is 191 g/mol. The number of phenols is 1. The molecule has 0 bridgehead atoms. The summed E-state index contributed by atoms with van der Waals surface area (Å²) >= 11 is 0. The number of rotatable bonds is 2. The van der Waals surface area contributed by atoms with Gasteiger partial charge in [-0.15, -0.1) is 0 Å². The Kier molecular flexibility index (Phi) is 2.73. The van der Waals surface area contributed by atoms with Crippen molar-refractivity contribution in [2.45, 2.75) is 6.92 Å². The number of nitriles is 1. The van der Waals surface area contributed by atoms with Crippen LogP contribution in [0.2, 0.25) is 0 Å². The number of nitrogens with zero attached hydrogens (tertiary/aromatic N) is 1. The molecule has 0 saturated heterocycles. The molecule has 0 aromatic heterocycles. The van der Waals surface area contributed by atoms with Crippen LogP contribution in [0.1, 0.15) is 22.8 Å². The Morgan fingerprint density at radius 3 is 2.64 bits per heavy atom. The monoisotopic (exact) mass is 191 g/mol. The Morgan fingerprint density at radius 1 is 1.57 bits per heavy atom. The van der Waals surface area contributed by atoms with E-state index in [1.807, 2.05) is 0 Å². The first-order chi connectivity index (χ1) is 6.60. The molecule has 0 aliphatic carbocycles. The molecule has 4 heteroatoms. The maximum atomic E-state index is 11.0. The van der Waals surface area contributed by atoms with Crippen LogP contribution in [0.5, 0.6) is 11.5 Å². The predicted octanol–water partition coefficient (Wildman–Crippen LogP) is 1.48. The summed E-state index contributed by atoms with van der Waals surface area (Å²) in [5.41, 5.74) is 0.357. The fraction of sp³-hybridized carbons (Fsp3) is 0.200. The molecule has 1 N–H and O–H groups in total. The average Bonchev–Trinajstić information content (AvgIpc) is 2.16. The largest absolute Gasteiger partial charge is 0.506 e. The second kappa shape index (κ2) is 3.79. The predicted molar refractivity (Wildman–Crippen MR) is 49.4 cm³/mol. The number of methoxy groups -OCH3 is 1. The number of ether oxygens (including phenoxy) is 1. The topological polar surface area (TPSA) is 70.3 Å². The third-order valence-electron chi connectivity index (χ3n) is 1.82. The van der Waals surface area contributed by atoms with Gasteiger partial charge in [0.25, 0.3) is 0 Å². The highest BCUT2D eigenvalue weighted by molar-refractivity contribution is 5.95. The highest BCUT2D eigenvalue weighted by Crippen LogP contribution is 2.28. The zero-order valence-electron chi connectivity index (χ0n) is 7.87. The number of hydrogen-bond donors (Lipinski definition) is 1. The summed E-state index contributed by atoms with van der Waals surface area (Å²) in [6.07, 6.45) is 0. The van der Waals surface area contributed by atoms with E-state index in [9.17, 15) is 9.90 Å². The number of hydrogen-bond acceptors (Lipinski definition) is 4. The first-order valence-corrected chi connectivity index (χ1v) is 3.92. The van der Waals surface area contributed by atoms with Crippen molar-refractivity contribution in [3.05, 3.63) is 23.3 Å². The number of carbonyl (C=O) groups excluding carboxylic acids is 1. The molecule has 0 spiro atoms. The Balaban J connectivity index is 3.40. The van der Waals surface area contributed by atoms with Gasteiger partial charge in [-0.2, -0.15) is 5.26 Å². The molecule has 1 rings (SSSR count). The van der Waals surface area contributed by atoms with Gasteiger partial charge in [0.1, 0.15) is 23.1 Å². The molecule has 0 radical (unpaired) electrons. The Labute approximate surface area is 81.4 Å². The second-order valence-corrected chi connectivity index (χ2v) is 2.74. The van der Waals surface area contributed by atoms with Crippen LogP contribution in [0.25, 0.3) is 0 Å². The third kappa shape index (κ3) is 1.67. The van der Waals surface area contributed by atoms with Crippen LogP contribution in [-0.4, -0.2) is 18.0 Å². The number of phenolic OH excluding ortho intramolecular Hbond substituents is 1. The molecule has 0 atom stereocenters. The molecular weight excluding hydrogens is 182 g/mol. The molecule has 0 saturated carbocycles. The van der Waals surface area contributed by atoms with Crippen molar-refractivity contribution in [2.75, 3.05) is 7.11 Å². The standard InChI is InChI=1S/C10H9NO3/c1-6(12)7-3-9(13)8(5-11)10(4-7)14-2/h3-4,13H,1-2H3. The molecule has 0 fully saturated rings. The molecular formula is C10H9NO3. The van der Waals surface area contributed by atoms with Crippen LogP contribution < -0.4 is 4.74 Å². The first-order valence-electron chi connectivity index (χ1n) is 3.92. The Bertz CT molecular complexity index is 418. The van der Waals surface area contributed by atoms with E-state index in [0.29, 0.717) is 5.56 Å². The van der Waals surface area contributed by atoms with Gasteiger partial charge in [0.05, 0.1) is 7.11 Å². The maximum absolute atomic E-state index is 11.0. The summed E-state index contributed by atoms with van der Waals surface area (Å²) in [5.74, 6) is -0.224. The van der Waals surface area contributed by atoms with Crippen LogP contribution in [0.15, 0.2) is 12.1 Å². The van der Waals surface area contributed by atoms with Crippen LogP contribution >= 0.6 is 0 Å². The van der Waals surface area contributed by atoms with E-state index in [4.69, 9.17) is 10.00 Å². The second-order valence-electron chi connectivity index (χ2n) is 2.74. The van der Waals surface area contributed by atoms with Gasteiger partial charge in [-0.1, -0.05) is 0 Å². The van der Waals surface area contributed by atoms with E-state index in [1.165, 1.54) is 26.2 Å². The molecule has 72 valence electrons. The van der Waals surface area contributed by atoms with Gasteiger partial charge >= 0.3 is 0 Å². The maximum Gasteiger partial charge on any atom is 0.160 e. The van der Waals surface area contributed by atoms with Crippen LogP contribution in [0.4, 0.5) is 0 Å². The minimum absolute atomic E-state index is 0.0394. The third-order valence-corrected chi connectivity index (χ3v) is 1.82. The van der Waals surface area contributed by atoms with Crippen LogP contribution in [-0.2, 0) is 0 Å². The van der Waals surface area contributed by atoms with E-state index in [1.54, 1.807) is 6.07 Å². The summed E-state index contributed by atoms with van der Waals surface area (Å²) in [6.45, 7) is 1.38. The van der Waals surface area contributed by atoms with Crippen molar-refractivity contribution in [2.24, 2.45) is 0 Å². The van der Waals surface area contributed by atoms with Gasteiger partial charge in [-0.05, 0) is 19.1 Å². The number of aromatic hydroxyl groups is 1. The first kappa shape index (κ1) is 10.1. The Hall–Kier alpha value is -2.02. The van der Waals surface area contributed by atoms with E-state index in [-0.39, 0.29) is 22.8 Å². The van der Waals surface area contributed by atoms with Crippen molar-refractivity contribution in [1.82, 2.24) is 0 Å². The Morgan fingerprint density at radius 2 is 2.21 bits per heavy atom. The fourth-order valence-electron chi connectivity index (χ4n) is 1.08. The zero-order valence-corrected chi connectivity index (χ0v) is 7.87. The lowest BCUT2D eigenvalue weighted by molar-refractivity contribution is 0.101. The lowest BCUT2D eigenvalue weighted by Crippen LogP contribution is -1.96. The summed E-state index contributed by atoms with van der Waals surface area (Å²) in [7, 11) is 1.37. The molecule has 0 unspecified atom stereocenters.